The maximum Gasteiger partial charge on any atom is 0.291 e. The molecule has 4 N–H and O–H groups in total. The number of nitrogens with zero attached hydrogens (tertiary/aromatic N) is 5. The molecule has 3 aromatic rings. The van der Waals surface area contributed by atoms with Crippen LogP contribution in [0, 0.1) is 16.7 Å². The summed E-state index contributed by atoms with van der Waals surface area (Å²) in [6.45, 7) is 2.16. The van der Waals surface area contributed by atoms with Crippen LogP contribution in [0.15, 0.2) is 76.8 Å². The first kappa shape index (κ1) is 24.6. The van der Waals surface area contributed by atoms with Gasteiger partial charge in [-0.2, -0.15) is 10.3 Å². The second kappa shape index (κ2) is 10.9. The number of hydrogen-bond acceptors (Lipinski definition) is 9. The van der Waals surface area contributed by atoms with E-state index in [0.717, 1.165) is 11.1 Å². The molecule has 0 unspecified atom stereocenters. The monoisotopic (exact) mass is 508 g/mol. The topological polar surface area (TPSA) is 162 Å². The Morgan fingerprint density at radius 3 is 2.68 bits per heavy atom. The summed E-state index contributed by atoms with van der Waals surface area (Å²) >= 11 is 0. The fourth-order valence-electron chi connectivity index (χ4n) is 4.19. The van der Waals surface area contributed by atoms with E-state index in [1.165, 1.54) is 6.20 Å². The van der Waals surface area contributed by atoms with Crippen LogP contribution in [0.5, 0.6) is 0 Å². The van der Waals surface area contributed by atoms with Crippen molar-refractivity contribution in [1.82, 2.24) is 4.98 Å². The molecule has 11 heteroatoms. The molecule has 0 saturated carbocycles. The molecule has 190 valence electrons. The van der Waals surface area contributed by atoms with Gasteiger partial charge in [0, 0.05) is 30.4 Å². The van der Waals surface area contributed by atoms with Gasteiger partial charge in [-0.15, -0.1) is 0 Å². The number of hydrogen-bond donors (Lipinski definition) is 3. The molecular formula is C27H24N8O3. The van der Waals surface area contributed by atoms with Crippen molar-refractivity contribution in [1.29, 1.82) is 10.7 Å². The highest BCUT2D eigenvalue weighted by molar-refractivity contribution is 6.19. The Labute approximate surface area is 218 Å². The second-order valence-electron chi connectivity index (χ2n) is 8.45. The van der Waals surface area contributed by atoms with Crippen LogP contribution in [0.3, 0.4) is 0 Å². The lowest BCUT2D eigenvalue weighted by molar-refractivity contribution is -0.117. The molecule has 0 aliphatic carbocycles. The minimum atomic E-state index is -1.25. The van der Waals surface area contributed by atoms with Gasteiger partial charge < -0.3 is 25.4 Å². The zero-order valence-corrected chi connectivity index (χ0v) is 20.3. The number of benzene rings is 2. The van der Waals surface area contributed by atoms with Gasteiger partial charge in [-0.05, 0) is 12.1 Å². The van der Waals surface area contributed by atoms with Gasteiger partial charge in [-0.3, -0.25) is 10.2 Å². The van der Waals surface area contributed by atoms with Crippen LogP contribution < -0.4 is 16.0 Å². The number of aliphatic imine (C=N–C) groups is 2. The lowest BCUT2D eigenvalue weighted by atomic mass is 10.0. The maximum absolute atomic E-state index is 13.0. The van der Waals surface area contributed by atoms with Gasteiger partial charge in [-0.25, -0.2) is 9.98 Å². The highest BCUT2D eigenvalue weighted by atomic mass is 16.5. The number of benzodiazepines with no additional fused rings is 1. The summed E-state index contributed by atoms with van der Waals surface area (Å²) in [5, 5.41) is 20.7. The van der Waals surface area contributed by atoms with Crippen LogP contribution in [-0.2, 0) is 14.3 Å². The maximum atomic E-state index is 13.0. The molecule has 38 heavy (non-hydrogen) atoms. The number of amides is 1. The van der Waals surface area contributed by atoms with Gasteiger partial charge in [0.1, 0.15) is 11.8 Å². The van der Waals surface area contributed by atoms with Gasteiger partial charge in [0.25, 0.3) is 11.9 Å². The van der Waals surface area contributed by atoms with Gasteiger partial charge in [-0.1, -0.05) is 48.5 Å². The Balaban J connectivity index is 1.44. The summed E-state index contributed by atoms with van der Waals surface area (Å²) in [5.74, 6) is -0.867. The number of para-hydroxylation sites is 1. The SMILES string of the molecule is N#Cc1cnc(C(=N)O/C(N)=N/[C@H]2N=C(c3ccccc3)c3ccccc3NC2=O)c(N2CCOCC2)c1. The van der Waals surface area contributed by atoms with Gasteiger partial charge in [0.05, 0.1) is 35.9 Å². The predicted octanol–water partition coefficient (Wildman–Crippen LogP) is 2.26. The Hall–Kier alpha value is -5.08. The van der Waals surface area contributed by atoms with E-state index >= 15 is 0 Å². The molecular weight excluding hydrogens is 484 g/mol. The molecule has 1 saturated heterocycles. The number of fused-ring (bicyclic) bond motifs is 1. The molecule has 5 rings (SSSR count). The van der Waals surface area contributed by atoms with Gasteiger partial charge in [0.2, 0.25) is 12.1 Å². The fraction of sp³-hybridized carbons (Fsp3) is 0.185. The largest absolute Gasteiger partial charge is 0.405 e. The van der Waals surface area contributed by atoms with Gasteiger partial charge >= 0.3 is 0 Å². The zero-order chi connectivity index (χ0) is 26.5. The van der Waals surface area contributed by atoms with Crippen molar-refractivity contribution in [3.63, 3.8) is 0 Å². The van der Waals surface area contributed by atoms with Crippen molar-refractivity contribution >= 4 is 34.9 Å². The summed E-state index contributed by atoms with van der Waals surface area (Å²) in [6.07, 6.45) is 0.106. The zero-order valence-electron chi connectivity index (χ0n) is 20.3. The smallest absolute Gasteiger partial charge is 0.291 e. The molecule has 1 atom stereocenters. The van der Waals surface area contributed by atoms with Crippen LogP contribution in [0.2, 0.25) is 0 Å². The number of nitriles is 1. The van der Waals surface area contributed by atoms with Crippen molar-refractivity contribution in [2.24, 2.45) is 15.7 Å². The van der Waals surface area contributed by atoms with Crippen molar-refractivity contribution in [2.45, 2.75) is 6.17 Å². The number of aromatic nitrogens is 1. The van der Waals surface area contributed by atoms with Crippen LogP contribution >= 0.6 is 0 Å². The van der Waals surface area contributed by atoms with E-state index < -0.39 is 18.1 Å². The normalized spacial score (nSPS) is 17.4. The summed E-state index contributed by atoms with van der Waals surface area (Å²) in [4.78, 5) is 28.1. The minimum Gasteiger partial charge on any atom is -0.405 e. The molecule has 2 aliphatic heterocycles. The molecule has 0 radical (unpaired) electrons. The lowest BCUT2D eigenvalue weighted by Gasteiger charge is -2.30. The number of rotatable bonds is 4. The molecule has 0 bridgehead atoms. The number of ether oxygens (including phenoxy) is 2. The number of morpholine rings is 1. The van der Waals surface area contributed by atoms with E-state index in [-0.39, 0.29) is 11.6 Å². The minimum absolute atomic E-state index is 0.190. The first-order valence-corrected chi connectivity index (χ1v) is 11.9. The quantitative estimate of drug-likeness (QED) is 0.360. The third kappa shape index (κ3) is 5.21. The molecule has 2 aliphatic rings. The molecule has 11 nitrogen and oxygen atoms in total. The molecule has 1 amide bonds. The summed E-state index contributed by atoms with van der Waals surface area (Å²) in [6, 6.07) is 20.1. The van der Waals surface area contributed by atoms with E-state index in [9.17, 15) is 10.1 Å². The number of carbonyl (C=O) groups is 1. The number of nitrogens with two attached hydrogens (primary N) is 1. The van der Waals surface area contributed by atoms with E-state index in [4.69, 9.17) is 20.6 Å². The van der Waals surface area contributed by atoms with Crippen LogP contribution in [-0.4, -0.2) is 61.0 Å². The number of amidine groups is 1. The number of nitrogens with one attached hydrogen (secondary N) is 2. The number of carbonyl (C=O) groups excluding carboxylic acids is 1. The second-order valence-corrected chi connectivity index (χ2v) is 8.45. The van der Waals surface area contributed by atoms with Gasteiger partial charge in [0.15, 0.2) is 0 Å². The van der Waals surface area contributed by atoms with Crippen molar-refractivity contribution in [3.05, 3.63) is 89.2 Å². The highest BCUT2D eigenvalue weighted by Gasteiger charge is 2.27. The molecule has 1 aromatic heterocycles. The van der Waals surface area contributed by atoms with E-state index in [1.54, 1.807) is 12.1 Å². The molecule has 3 heterocycles. The standard InChI is InChI=1S/C27H24N8O3/c28-15-17-14-21(35-10-12-37-13-11-35)23(31-16-17)24(29)38-27(30)34-25-26(36)32-20-9-5-4-8-19(20)22(33-25)18-6-2-1-3-7-18/h1-9,14,16,25,29H,10-13H2,(H2,30,34)(H,32,36)/t25-/m1/s1. The third-order valence-corrected chi connectivity index (χ3v) is 5.99. The Bertz CT molecular complexity index is 1470. The Kier molecular flexibility index (Phi) is 7.06. The first-order valence-electron chi connectivity index (χ1n) is 11.9. The van der Waals surface area contributed by atoms with Crippen molar-refractivity contribution in [2.75, 3.05) is 36.5 Å². The van der Waals surface area contributed by atoms with E-state index in [2.05, 4.69) is 26.4 Å². The van der Waals surface area contributed by atoms with E-state index in [1.807, 2.05) is 53.4 Å². The van der Waals surface area contributed by atoms with Crippen molar-refractivity contribution < 1.29 is 14.3 Å². The molecule has 2 aromatic carbocycles. The summed E-state index contributed by atoms with van der Waals surface area (Å²) in [5.41, 5.74) is 9.86. The summed E-state index contributed by atoms with van der Waals surface area (Å²) in [7, 11) is 0. The van der Waals surface area contributed by atoms with Crippen LogP contribution in [0.1, 0.15) is 22.4 Å². The molecule has 1 fully saturated rings. The lowest BCUT2D eigenvalue weighted by Crippen LogP contribution is -2.37. The average Bonchev–Trinajstić information content (AvgIpc) is 3.09. The molecule has 0 spiro atoms. The fourth-order valence-corrected chi connectivity index (χ4v) is 4.19. The highest BCUT2D eigenvalue weighted by Crippen LogP contribution is 2.25. The van der Waals surface area contributed by atoms with Crippen molar-refractivity contribution in [3.8, 4) is 6.07 Å². The Morgan fingerprint density at radius 2 is 1.92 bits per heavy atom. The predicted molar refractivity (Wildman–Crippen MR) is 142 cm³/mol. The van der Waals surface area contributed by atoms with Crippen LogP contribution in [0.25, 0.3) is 0 Å². The Morgan fingerprint density at radius 1 is 1.18 bits per heavy atom. The first-order chi connectivity index (χ1) is 18.5. The third-order valence-electron chi connectivity index (χ3n) is 5.99. The number of anilines is 2. The summed E-state index contributed by atoms with van der Waals surface area (Å²) < 4.78 is 10.9. The van der Waals surface area contributed by atoms with E-state index in [0.29, 0.717) is 49.0 Å². The number of pyridine rings is 1. The van der Waals surface area contributed by atoms with Crippen LogP contribution in [0.4, 0.5) is 11.4 Å². The average molecular weight is 509 g/mol.